The predicted octanol–water partition coefficient (Wildman–Crippen LogP) is 1.07. The summed E-state index contributed by atoms with van der Waals surface area (Å²) in [7, 11) is 0. The molecule has 0 bridgehead atoms. The molecule has 1 fully saturated rings. The topological polar surface area (TPSA) is 101 Å². The molecule has 0 aromatic carbocycles. The maximum Gasteiger partial charge on any atom is 0.417 e. The van der Waals surface area contributed by atoms with Crippen LogP contribution in [0.5, 0.6) is 0 Å². The number of anilines is 1. The monoisotopic (exact) mass is 391 g/mol. The number of nitrogens with zero attached hydrogens (tertiary/aromatic N) is 5. The minimum absolute atomic E-state index is 0.235. The molecule has 0 saturated carbocycles. The number of pyridine rings is 1. The summed E-state index contributed by atoms with van der Waals surface area (Å²) in [5.41, 5.74) is 5.26. The standard InChI is InChI=1S/C17H16F3N7O/c18-17(19,20)10-1-2-13-24-7-12(27(13)8-10)16-23-4-3-14(25-16)26-6-5-22-11(9-26)15(21)28/h1-4,7-8,11,22H,5-6,9H2,(H2,21,28). The number of halogens is 3. The summed E-state index contributed by atoms with van der Waals surface area (Å²) in [5.74, 6) is 0.332. The number of imidazole rings is 1. The first kappa shape index (κ1) is 18.2. The second kappa shape index (κ2) is 6.75. The Morgan fingerprint density at radius 1 is 1.25 bits per heavy atom. The number of rotatable bonds is 3. The van der Waals surface area contributed by atoms with Crippen LogP contribution in [0, 0.1) is 0 Å². The van der Waals surface area contributed by atoms with Gasteiger partial charge < -0.3 is 16.0 Å². The summed E-state index contributed by atoms with van der Waals surface area (Å²) in [6.45, 7) is 1.50. The van der Waals surface area contributed by atoms with Crippen molar-refractivity contribution < 1.29 is 18.0 Å². The fraction of sp³-hybridized carbons (Fsp3) is 0.294. The van der Waals surface area contributed by atoms with Crippen LogP contribution in [0.25, 0.3) is 17.2 Å². The number of fused-ring (bicyclic) bond motifs is 1. The van der Waals surface area contributed by atoms with Gasteiger partial charge in [0.1, 0.15) is 23.2 Å². The number of nitrogens with one attached hydrogen (secondary N) is 1. The molecule has 1 aliphatic heterocycles. The van der Waals surface area contributed by atoms with Crippen molar-refractivity contribution in [2.75, 3.05) is 24.5 Å². The molecule has 0 spiro atoms. The van der Waals surface area contributed by atoms with E-state index in [1.54, 1.807) is 6.07 Å². The molecule has 1 atom stereocenters. The molecule has 1 unspecified atom stereocenters. The maximum atomic E-state index is 13.0. The number of amides is 1. The van der Waals surface area contributed by atoms with E-state index >= 15 is 0 Å². The van der Waals surface area contributed by atoms with Gasteiger partial charge in [0.2, 0.25) is 5.91 Å². The van der Waals surface area contributed by atoms with Gasteiger partial charge in [0.15, 0.2) is 5.82 Å². The van der Waals surface area contributed by atoms with Gasteiger partial charge in [-0.2, -0.15) is 13.2 Å². The van der Waals surface area contributed by atoms with E-state index in [1.165, 1.54) is 22.9 Å². The molecule has 3 aromatic heterocycles. The van der Waals surface area contributed by atoms with Gasteiger partial charge in [-0.05, 0) is 18.2 Å². The maximum absolute atomic E-state index is 13.0. The zero-order chi connectivity index (χ0) is 19.9. The Morgan fingerprint density at radius 3 is 2.82 bits per heavy atom. The lowest BCUT2D eigenvalue weighted by Gasteiger charge is -2.32. The third kappa shape index (κ3) is 3.36. The van der Waals surface area contributed by atoms with Crippen LogP contribution < -0.4 is 16.0 Å². The summed E-state index contributed by atoms with van der Waals surface area (Å²) in [5, 5.41) is 3.02. The molecule has 146 valence electrons. The number of aromatic nitrogens is 4. The molecule has 0 aliphatic carbocycles. The van der Waals surface area contributed by atoms with Gasteiger partial charge >= 0.3 is 6.18 Å². The van der Waals surface area contributed by atoms with Gasteiger partial charge in [-0.1, -0.05) is 0 Å². The Bertz CT molecular complexity index is 1030. The Labute approximate surface area is 157 Å². The second-order valence-electron chi connectivity index (χ2n) is 6.38. The van der Waals surface area contributed by atoms with Crippen molar-refractivity contribution in [2.45, 2.75) is 12.2 Å². The van der Waals surface area contributed by atoms with Crippen LogP contribution in [0.15, 0.2) is 36.8 Å². The molecule has 28 heavy (non-hydrogen) atoms. The minimum Gasteiger partial charge on any atom is -0.368 e. The number of alkyl halides is 3. The number of carbonyl (C=O) groups excluding carboxylic acids is 1. The fourth-order valence-corrected chi connectivity index (χ4v) is 3.11. The van der Waals surface area contributed by atoms with Gasteiger partial charge in [-0.15, -0.1) is 0 Å². The molecule has 1 aliphatic rings. The number of piperazine rings is 1. The van der Waals surface area contributed by atoms with Gasteiger partial charge in [0, 0.05) is 32.0 Å². The summed E-state index contributed by atoms with van der Waals surface area (Å²) >= 11 is 0. The lowest BCUT2D eigenvalue weighted by Crippen LogP contribution is -2.56. The van der Waals surface area contributed by atoms with Crippen molar-refractivity contribution >= 4 is 17.4 Å². The van der Waals surface area contributed by atoms with Gasteiger partial charge in [0.25, 0.3) is 0 Å². The van der Waals surface area contributed by atoms with Gasteiger partial charge in [-0.3, -0.25) is 9.20 Å². The highest BCUT2D eigenvalue weighted by Gasteiger charge is 2.31. The lowest BCUT2D eigenvalue weighted by atomic mass is 10.2. The smallest absolute Gasteiger partial charge is 0.368 e. The van der Waals surface area contributed by atoms with Crippen LogP contribution in [0.3, 0.4) is 0 Å². The van der Waals surface area contributed by atoms with E-state index < -0.39 is 23.7 Å². The Balaban J connectivity index is 1.71. The molecule has 3 N–H and O–H groups in total. The van der Waals surface area contributed by atoms with Crippen molar-refractivity contribution in [3.05, 3.63) is 42.4 Å². The highest BCUT2D eigenvalue weighted by Crippen LogP contribution is 2.30. The number of carbonyl (C=O) groups is 1. The molecule has 8 nitrogen and oxygen atoms in total. The van der Waals surface area contributed by atoms with E-state index in [4.69, 9.17) is 5.73 Å². The third-order valence-corrected chi connectivity index (χ3v) is 4.55. The largest absolute Gasteiger partial charge is 0.417 e. The molecular weight excluding hydrogens is 375 g/mol. The fourth-order valence-electron chi connectivity index (χ4n) is 3.11. The average Bonchev–Trinajstić information content (AvgIpc) is 3.11. The Hall–Kier alpha value is -3.21. The first-order chi connectivity index (χ1) is 13.3. The average molecular weight is 391 g/mol. The third-order valence-electron chi connectivity index (χ3n) is 4.55. The summed E-state index contributed by atoms with van der Waals surface area (Å²) < 4.78 is 40.5. The molecule has 1 amide bonds. The van der Waals surface area contributed by atoms with Crippen molar-refractivity contribution in [2.24, 2.45) is 5.73 Å². The van der Waals surface area contributed by atoms with E-state index in [0.717, 1.165) is 12.3 Å². The van der Waals surface area contributed by atoms with Crippen molar-refractivity contribution in [3.63, 3.8) is 0 Å². The van der Waals surface area contributed by atoms with E-state index in [-0.39, 0.29) is 5.82 Å². The van der Waals surface area contributed by atoms with Crippen molar-refractivity contribution in [3.8, 4) is 11.5 Å². The van der Waals surface area contributed by atoms with Crippen LogP contribution >= 0.6 is 0 Å². The van der Waals surface area contributed by atoms with E-state index in [9.17, 15) is 18.0 Å². The van der Waals surface area contributed by atoms with Gasteiger partial charge in [0.05, 0.1) is 11.8 Å². The molecule has 4 heterocycles. The Kier molecular flexibility index (Phi) is 4.38. The first-order valence-electron chi connectivity index (χ1n) is 8.48. The quantitative estimate of drug-likeness (QED) is 0.693. The molecule has 3 aromatic rings. The number of hydrogen-bond acceptors (Lipinski definition) is 6. The molecule has 4 rings (SSSR count). The summed E-state index contributed by atoms with van der Waals surface area (Å²) in [4.78, 5) is 26.1. The van der Waals surface area contributed by atoms with Crippen LogP contribution in [-0.2, 0) is 11.0 Å². The lowest BCUT2D eigenvalue weighted by molar-refractivity contribution is -0.137. The molecular formula is C17H16F3N7O. The zero-order valence-electron chi connectivity index (χ0n) is 14.5. The predicted molar refractivity (Wildman–Crippen MR) is 94.4 cm³/mol. The first-order valence-corrected chi connectivity index (χ1v) is 8.48. The van der Waals surface area contributed by atoms with Crippen molar-refractivity contribution in [1.82, 2.24) is 24.7 Å². The van der Waals surface area contributed by atoms with Crippen LogP contribution in [-0.4, -0.2) is 50.9 Å². The van der Waals surface area contributed by atoms with Crippen molar-refractivity contribution in [1.29, 1.82) is 0 Å². The van der Waals surface area contributed by atoms with E-state index in [1.807, 2.05) is 4.90 Å². The molecule has 11 heteroatoms. The Morgan fingerprint density at radius 2 is 2.07 bits per heavy atom. The zero-order valence-corrected chi connectivity index (χ0v) is 14.5. The normalized spacial score (nSPS) is 17.8. The van der Waals surface area contributed by atoms with Crippen LogP contribution in [0.2, 0.25) is 0 Å². The highest BCUT2D eigenvalue weighted by atomic mass is 19.4. The van der Waals surface area contributed by atoms with Crippen LogP contribution in [0.1, 0.15) is 5.56 Å². The number of primary amides is 1. The number of hydrogen-bond donors (Lipinski definition) is 2. The second-order valence-corrected chi connectivity index (χ2v) is 6.38. The summed E-state index contributed by atoms with van der Waals surface area (Å²) in [6, 6.07) is 3.45. The van der Waals surface area contributed by atoms with Gasteiger partial charge in [-0.25, -0.2) is 15.0 Å². The van der Waals surface area contributed by atoms with Crippen LogP contribution in [0.4, 0.5) is 19.0 Å². The molecule has 1 saturated heterocycles. The highest BCUT2D eigenvalue weighted by molar-refractivity contribution is 5.81. The van der Waals surface area contributed by atoms with E-state index in [2.05, 4.69) is 20.3 Å². The SMILES string of the molecule is NC(=O)C1CN(c2ccnc(-c3cnc4ccc(C(F)(F)F)cn34)n2)CCN1. The number of nitrogens with two attached hydrogens (primary N) is 1. The summed E-state index contributed by atoms with van der Waals surface area (Å²) in [6.07, 6.45) is -0.546. The minimum atomic E-state index is -4.47. The molecule has 0 radical (unpaired) electrons. The van der Waals surface area contributed by atoms with E-state index in [0.29, 0.717) is 36.8 Å².